The van der Waals surface area contributed by atoms with Gasteiger partial charge in [-0.15, -0.1) is 0 Å². The lowest BCUT2D eigenvalue weighted by atomic mass is 10.2. The van der Waals surface area contributed by atoms with E-state index in [2.05, 4.69) is 51.8 Å². The van der Waals surface area contributed by atoms with E-state index >= 15 is 0 Å². The van der Waals surface area contributed by atoms with Gasteiger partial charge in [0.25, 0.3) is 5.91 Å². The minimum atomic E-state index is -0.137. The van der Waals surface area contributed by atoms with Crippen molar-refractivity contribution in [3.05, 3.63) is 51.9 Å². The number of benzene rings is 1. The molecule has 0 radical (unpaired) electrons. The molecule has 6 heteroatoms. The molecule has 0 fully saturated rings. The standard InChI is InChI=1S/C16H15IN4O/c1-10(2)21-15-11(8-19-21)7-12(9-18-15)20-16(22)13-5-3-4-6-14(13)17/h3-10H,1-2H3,(H,20,22). The lowest BCUT2D eigenvalue weighted by Gasteiger charge is -2.08. The maximum Gasteiger partial charge on any atom is 0.256 e. The van der Waals surface area contributed by atoms with Gasteiger partial charge >= 0.3 is 0 Å². The van der Waals surface area contributed by atoms with Crippen LogP contribution in [0, 0.1) is 3.57 Å². The maximum atomic E-state index is 12.3. The van der Waals surface area contributed by atoms with Crippen molar-refractivity contribution in [3.63, 3.8) is 0 Å². The molecule has 0 atom stereocenters. The van der Waals surface area contributed by atoms with Crippen LogP contribution in [-0.2, 0) is 0 Å². The van der Waals surface area contributed by atoms with E-state index in [0.717, 1.165) is 14.6 Å². The van der Waals surface area contributed by atoms with E-state index in [1.807, 2.05) is 28.9 Å². The van der Waals surface area contributed by atoms with Crippen molar-refractivity contribution in [2.75, 3.05) is 5.32 Å². The van der Waals surface area contributed by atoms with Crippen LogP contribution in [0.1, 0.15) is 30.2 Å². The highest BCUT2D eigenvalue weighted by atomic mass is 127. The highest BCUT2D eigenvalue weighted by molar-refractivity contribution is 14.1. The summed E-state index contributed by atoms with van der Waals surface area (Å²) < 4.78 is 2.78. The Morgan fingerprint density at radius 1 is 1.27 bits per heavy atom. The molecule has 2 aromatic heterocycles. The Kier molecular flexibility index (Phi) is 4.10. The highest BCUT2D eigenvalue weighted by Gasteiger charge is 2.12. The van der Waals surface area contributed by atoms with Crippen molar-refractivity contribution < 1.29 is 4.79 Å². The summed E-state index contributed by atoms with van der Waals surface area (Å²) in [5, 5.41) is 8.13. The average molecular weight is 406 g/mol. The molecule has 0 unspecified atom stereocenters. The second-order valence-corrected chi connectivity index (χ2v) is 6.42. The van der Waals surface area contributed by atoms with Gasteiger partial charge < -0.3 is 5.32 Å². The van der Waals surface area contributed by atoms with E-state index in [0.29, 0.717) is 11.3 Å². The minimum absolute atomic E-state index is 0.137. The zero-order valence-electron chi connectivity index (χ0n) is 12.2. The topological polar surface area (TPSA) is 59.8 Å². The van der Waals surface area contributed by atoms with Crippen molar-refractivity contribution in [2.45, 2.75) is 19.9 Å². The summed E-state index contributed by atoms with van der Waals surface area (Å²) in [5.41, 5.74) is 2.14. The van der Waals surface area contributed by atoms with Crippen molar-refractivity contribution >= 4 is 45.2 Å². The van der Waals surface area contributed by atoms with Gasteiger partial charge in [-0.3, -0.25) is 4.79 Å². The van der Waals surface area contributed by atoms with Gasteiger partial charge in [0, 0.05) is 15.0 Å². The number of nitrogens with one attached hydrogen (secondary N) is 1. The molecular weight excluding hydrogens is 391 g/mol. The summed E-state index contributed by atoms with van der Waals surface area (Å²) in [5.74, 6) is -0.137. The number of carbonyl (C=O) groups excluding carboxylic acids is 1. The monoisotopic (exact) mass is 406 g/mol. The molecule has 1 N–H and O–H groups in total. The van der Waals surface area contributed by atoms with Gasteiger partial charge in [0.2, 0.25) is 0 Å². The maximum absolute atomic E-state index is 12.3. The summed E-state index contributed by atoms with van der Waals surface area (Å²) in [6.07, 6.45) is 3.43. The Bertz CT molecular complexity index is 841. The molecule has 0 saturated carbocycles. The Labute approximate surface area is 141 Å². The Balaban J connectivity index is 1.88. The molecule has 3 aromatic rings. The van der Waals surface area contributed by atoms with Gasteiger partial charge in [-0.1, -0.05) is 12.1 Å². The minimum Gasteiger partial charge on any atom is -0.321 e. The molecule has 2 heterocycles. The van der Waals surface area contributed by atoms with Gasteiger partial charge in [0.15, 0.2) is 5.65 Å². The van der Waals surface area contributed by atoms with E-state index < -0.39 is 0 Å². The first-order chi connectivity index (χ1) is 10.6. The lowest BCUT2D eigenvalue weighted by Crippen LogP contribution is -2.13. The number of hydrogen-bond acceptors (Lipinski definition) is 3. The third-order valence-corrected chi connectivity index (χ3v) is 4.24. The number of anilines is 1. The lowest BCUT2D eigenvalue weighted by molar-refractivity contribution is 0.102. The second-order valence-electron chi connectivity index (χ2n) is 5.25. The summed E-state index contributed by atoms with van der Waals surface area (Å²) in [4.78, 5) is 16.7. The Morgan fingerprint density at radius 2 is 2.05 bits per heavy atom. The van der Waals surface area contributed by atoms with Crippen LogP contribution in [0.25, 0.3) is 11.0 Å². The third kappa shape index (κ3) is 2.83. The van der Waals surface area contributed by atoms with Crippen LogP contribution < -0.4 is 5.32 Å². The molecule has 0 spiro atoms. The SMILES string of the molecule is CC(C)n1ncc2cc(NC(=O)c3ccccc3I)cnc21. The quantitative estimate of drug-likeness (QED) is 0.672. The van der Waals surface area contributed by atoms with Crippen molar-refractivity contribution in [3.8, 4) is 0 Å². The molecule has 1 aromatic carbocycles. The zero-order chi connectivity index (χ0) is 15.7. The smallest absolute Gasteiger partial charge is 0.256 e. The fourth-order valence-corrected chi connectivity index (χ4v) is 2.86. The summed E-state index contributed by atoms with van der Waals surface area (Å²) >= 11 is 2.15. The fraction of sp³-hybridized carbons (Fsp3) is 0.188. The van der Waals surface area contributed by atoms with Crippen LogP contribution >= 0.6 is 22.6 Å². The van der Waals surface area contributed by atoms with Crippen molar-refractivity contribution in [1.82, 2.24) is 14.8 Å². The molecule has 1 amide bonds. The molecule has 0 bridgehead atoms. The van der Waals surface area contributed by atoms with E-state index in [-0.39, 0.29) is 11.9 Å². The number of fused-ring (bicyclic) bond motifs is 1. The first-order valence-electron chi connectivity index (χ1n) is 6.95. The second kappa shape index (κ2) is 6.04. The summed E-state index contributed by atoms with van der Waals surface area (Å²) in [6.45, 7) is 4.11. The van der Waals surface area contributed by atoms with E-state index in [9.17, 15) is 4.79 Å². The summed E-state index contributed by atoms with van der Waals surface area (Å²) in [7, 11) is 0. The number of nitrogens with zero attached hydrogens (tertiary/aromatic N) is 3. The number of hydrogen-bond donors (Lipinski definition) is 1. The van der Waals surface area contributed by atoms with E-state index in [1.54, 1.807) is 18.5 Å². The molecule has 0 saturated heterocycles. The zero-order valence-corrected chi connectivity index (χ0v) is 14.4. The van der Waals surface area contributed by atoms with Gasteiger partial charge in [-0.25, -0.2) is 9.67 Å². The summed E-state index contributed by atoms with van der Waals surface area (Å²) in [6, 6.07) is 9.61. The molecule has 3 rings (SSSR count). The van der Waals surface area contributed by atoms with Crippen LogP contribution in [0.5, 0.6) is 0 Å². The number of rotatable bonds is 3. The van der Waals surface area contributed by atoms with Crippen LogP contribution in [0.15, 0.2) is 42.7 Å². The molecule has 22 heavy (non-hydrogen) atoms. The molecule has 0 aliphatic carbocycles. The molecule has 0 aliphatic rings. The van der Waals surface area contributed by atoms with Crippen LogP contribution in [-0.4, -0.2) is 20.7 Å². The first kappa shape index (κ1) is 15.0. The Hall–Kier alpha value is -1.96. The van der Waals surface area contributed by atoms with Gasteiger partial charge in [-0.05, 0) is 54.6 Å². The predicted octanol–water partition coefficient (Wildman–Crippen LogP) is 3.87. The van der Waals surface area contributed by atoms with Crippen LogP contribution in [0.2, 0.25) is 0 Å². The van der Waals surface area contributed by atoms with Crippen molar-refractivity contribution in [2.24, 2.45) is 0 Å². The Morgan fingerprint density at radius 3 is 2.77 bits per heavy atom. The molecule has 112 valence electrons. The van der Waals surface area contributed by atoms with E-state index in [4.69, 9.17) is 0 Å². The fourth-order valence-electron chi connectivity index (χ4n) is 2.23. The normalized spacial score (nSPS) is 11.1. The molecular formula is C16H15IN4O. The number of carbonyl (C=O) groups is 1. The van der Waals surface area contributed by atoms with Gasteiger partial charge in [-0.2, -0.15) is 5.10 Å². The van der Waals surface area contributed by atoms with Gasteiger partial charge in [0.05, 0.1) is 23.6 Å². The molecule has 5 nitrogen and oxygen atoms in total. The predicted molar refractivity (Wildman–Crippen MR) is 95.0 cm³/mol. The largest absolute Gasteiger partial charge is 0.321 e. The number of aromatic nitrogens is 3. The first-order valence-corrected chi connectivity index (χ1v) is 8.03. The highest BCUT2D eigenvalue weighted by Crippen LogP contribution is 2.20. The van der Waals surface area contributed by atoms with E-state index in [1.165, 1.54) is 0 Å². The number of pyridine rings is 1. The molecule has 0 aliphatic heterocycles. The number of amides is 1. The van der Waals surface area contributed by atoms with Crippen molar-refractivity contribution in [1.29, 1.82) is 0 Å². The van der Waals surface area contributed by atoms with Crippen LogP contribution in [0.3, 0.4) is 0 Å². The average Bonchev–Trinajstić information content (AvgIpc) is 2.91. The number of halogens is 1. The van der Waals surface area contributed by atoms with Crippen LogP contribution in [0.4, 0.5) is 5.69 Å². The van der Waals surface area contributed by atoms with Gasteiger partial charge in [0.1, 0.15) is 0 Å². The third-order valence-electron chi connectivity index (χ3n) is 3.30.